The minimum absolute atomic E-state index is 0.0348. The molecule has 0 saturated carbocycles. The molecule has 1 aromatic rings. The van der Waals surface area contributed by atoms with Gasteiger partial charge in [0.1, 0.15) is 6.04 Å². The van der Waals surface area contributed by atoms with Crippen molar-refractivity contribution in [1.82, 2.24) is 9.62 Å². The fourth-order valence-electron chi connectivity index (χ4n) is 2.66. The lowest BCUT2D eigenvalue weighted by atomic mass is 10.1. The van der Waals surface area contributed by atoms with E-state index in [-0.39, 0.29) is 22.8 Å². The van der Waals surface area contributed by atoms with Crippen LogP contribution in [0.1, 0.15) is 20.8 Å². The van der Waals surface area contributed by atoms with Crippen molar-refractivity contribution in [2.45, 2.75) is 37.8 Å². The molecule has 1 heterocycles. The molecule has 2 rings (SSSR count). The third-order valence-electron chi connectivity index (χ3n) is 4.26. The molecule has 0 aliphatic carbocycles. The van der Waals surface area contributed by atoms with Gasteiger partial charge >= 0.3 is 5.97 Å². The van der Waals surface area contributed by atoms with Crippen molar-refractivity contribution in [1.29, 1.82) is 0 Å². The molecule has 1 aromatic carbocycles. The number of esters is 1. The first-order valence-corrected chi connectivity index (χ1v) is 11.2. The second kappa shape index (κ2) is 9.82. The topological polar surface area (TPSA) is 102 Å². The molecule has 1 saturated heterocycles. The van der Waals surface area contributed by atoms with Crippen molar-refractivity contribution >= 4 is 37.8 Å². The van der Waals surface area contributed by atoms with Crippen LogP contribution < -0.4 is 4.72 Å². The summed E-state index contributed by atoms with van der Waals surface area (Å²) in [5, 5.41) is 0. The van der Waals surface area contributed by atoms with Crippen LogP contribution in [0.25, 0.3) is 0 Å². The van der Waals surface area contributed by atoms with Crippen LogP contribution in [0, 0.1) is 5.92 Å². The highest BCUT2D eigenvalue weighted by molar-refractivity contribution is 9.10. The third-order valence-corrected chi connectivity index (χ3v) is 6.24. The number of ether oxygens (including phenoxy) is 2. The average Bonchev–Trinajstić information content (AvgIpc) is 2.64. The molecule has 8 nitrogen and oxygen atoms in total. The van der Waals surface area contributed by atoms with Crippen molar-refractivity contribution in [2.75, 3.05) is 26.3 Å². The molecule has 1 aliphatic rings. The number of amides is 1. The molecule has 0 spiro atoms. The summed E-state index contributed by atoms with van der Waals surface area (Å²) in [6.07, 6.45) is -0.0745. The number of rotatable bonds is 7. The number of benzene rings is 1. The molecule has 1 aliphatic heterocycles. The molecule has 0 aromatic heterocycles. The molecular formula is C18H25BrN2O6S. The summed E-state index contributed by atoms with van der Waals surface area (Å²) >= 11 is 3.25. The Bertz CT molecular complexity index is 797. The minimum atomic E-state index is -3.92. The molecule has 28 heavy (non-hydrogen) atoms. The highest BCUT2D eigenvalue weighted by Gasteiger charge is 2.31. The summed E-state index contributed by atoms with van der Waals surface area (Å²) in [7, 11) is -3.92. The summed E-state index contributed by atoms with van der Waals surface area (Å²) in [5.74, 6) is -1.48. The van der Waals surface area contributed by atoms with Gasteiger partial charge in [-0.05, 0) is 37.1 Å². The molecule has 1 fully saturated rings. The summed E-state index contributed by atoms with van der Waals surface area (Å²) < 4.78 is 38.7. The summed E-state index contributed by atoms with van der Waals surface area (Å²) in [6.45, 7) is 6.11. The number of morpholine rings is 1. The van der Waals surface area contributed by atoms with Gasteiger partial charge in [0, 0.05) is 17.6 Å². The number of halogens is 1. The Kier molecular flexibility index (Phi) is 7.99. The maximum Gasteiger partial charge on any atom is 0.324 e. The van der Waals surface area contributed by atoms with E-state index in [9.17, 15) is 18.0 Å². The van der Waals surface area contributed by atoms with Crippen LogP contribution in [-0.4, -0.2) is 63.6 Å². The van der Waals surface area contributed by atoms with Gasteiger partial charge in [-0.25, -0.2) is 8.42 Å². The summed E-state index contributed by atoms with van der Waals surface area (Å²) in [5.41, 5.74) is 0. The van der Waals surface area contributed by atoms with Crippen LogP contribution >= 0.6 is 15.9 Å². The molecule has 0 bridgehead atoms. The Hall–Kier alpha value is -1.49. The van der Waals surface area contributed by atoms with Crippen molar-refractivity contribution in [3.8, 4) is 0 Å². The molecule has 156 valence electrons. The number of sulfonamides is 1. The molecule has 10 heteroatoms. The van der Waals surface area contributed by atoms with E-state index in [0.717, 1.165) is 4.47 Å². The highest BCUT2D eigenvalue weighted by atomic mass is 79.9. The lowest BCUT2D eigenvalue weighted by molar-refractivity contribution is -0.156. The SMILES string of the molecule is CC(C)[C@H](NS(=O)(=O)c1ccc(Br)cc1)C(=O)OCC(=O)N1CCO[C@H](C)C1. The zero-order valence-electron chi connectivity index (χ0n) is 16.1. The van der Waals surface area contributed by atoms with E-state index in [4.69, 9.17) is 9.47 Å². The molecule has 0 radical (unpaired) electrons. The van der Waals surface area contributed by atoms with Gasteiger partial charge in [0.25, 0.3) is 5.91 Å². The van der Waals surface area contributed by atoms with E-state index >= 15 is 0 Å². The van der Waals surface area contributed by atoms with Crippen LogP contribution in [0.3, 0.4) is 0 Å². The second-order valence-corrected chi connectivity index (χ2v) is 9.56. The van der Waals surface area contributed by atoms with Crippen LogP contribution in [0.4, 0.5) is 0 Å². The van der Waals surface area contributed by atoms with Gasteiger partial charge in [0.05, 0.1) is 17.6 Å². The van der Waals surface area contributed by atoms with Gasteiger partial charge in [0.2, 0.25) is 10.0 Å². The zero-order valence-corrected chi connectivity index (χ0v) is 18.5. The predicted octanol–water partition coefficient (Wildman–Crippen LogP) is 1.54. The van der Waals surface area contributed by atoms with Crippen molar-refractivity contribution in [2.24, 2.45) is 5.92 Å². The molecule has 2 atom stereocenters. The Balaban J connectivity index is 1.99. The van der Waals surface area contributed by atoms with Gasteiger partial charge < -0.3 is 14.4 Å². The lowest BCUT2D eigenvalue weighted by Crippen LogP contribution is -2.48. The first-order valence-electron chi connectivity index (χ1n) is 8.94. The average molecular weight is 477 g/mol. The van der Waals surface area contributed by atoms with E-state index in [1.54, 1.807) is 30.9 Å². The van der Waals surface area contributed by atoms with Gasteiger partial charge in [-0.1, -0.05) is 29.8 Å². The van der Waals surface area contributed by atoms with Crippen LogP contribution in [-0.2, 0) is 29.1 Å². The number of carbonyl (C=O) groups is 2. The van der Waals surface area contributed by atoms with Gasteiger partial charge in [-0.3, -0.25) is 9.59 Å². The van der Waals surface area contributed by atoms with E-state index in [0.29, 0.717) is 19.7 Å². The van der Waals surface area contributed by atoms with E-state index in [1.807, 2.05) is 6.92 Å². The van der Waals surface area contributed by atoms with Gasteiger partial charge in [-0.15, -0.1) is 0 Å². The van der Waals surface area contributed by atoms with Crippen molar-refractivity contribution < 1.29 is 27.5 Å². The fraction of sp³-hybridized carbons (Fsp3) is 0.556. The zero-order chi connectivity index (χ0) is 20.9. The van der Waals surface area contributed by atoms with Crippen LogP contribution in [0.2, 0.25) is 0 Å². The Labute approximate surface area is 173 Å². The number of hydrogen-bond acceptors (Lipinski definition) is 6. The van der Waals surface area contributed by atoms with E-state index < -0.39 is 28.6 Å². The van der Waals surface area contributed by atoms with Crippen LogP contribution in [0.15, 0.2) is 33.6 Å². The lowest BCUT2D eigenvalue weighted by Gasteiger charge is -2.31. The van der Waals surface area contributed by atoms with Gasteiger partial charge in [-0.2, -0.15) is 4.72 Å². The maximum atomic E-state index is 12.6. The predicted molar refractivity (Wildman–Crippen MR) is 106 cm³/mol. The number of hydrogen-bond donors (Lipinski definition) is 1. The standard InChI is InChI=1S/C18H25BrN2O6S/c1-12(2)17(20-28(24,25)15-6-4-14(19)5-7-15)18(23)27-11-16(22)21-8-9-26-13(3)10-21/h4-7,12-13,17,20H,8-11H2,1-3H3/t13-,17+/m1/s1. The number of nitrogens with zero attached hydrogens (tertiary/aromatic N) is 1. The summed E-state index contributed by atoms with van der Waals surface area (Å²) in [6, 6.07) is 4.94. The fourth-order valence-corrected chi connectivity index (χ4v) is 4.26. The largest absolute Gasteiger partial charge is 0.454 e. The van der Waals surface area contributed by atoms with Crippen molar-refractivity contribution in [3.05, 3.63) is 28.7 Å². The Morgan fingerprint density at radius 2 is 1.96 bits per heavy atom. The number of carbonyl (C=O) groups excluding carboxylic acids is 2. The minimum Gasteiger partial charge on any atom is -0.454 e. The Morgan fingerprint density at radius 3 is 2.54 bits per heavy atom. The molecule has 0 unspecified atom stereocenters. The smallest absolute Gasteiger partial charge is 0.324 e. The molecule has 1 N–H and O–H groups in total. The molecular weight excluding hydrogens is 452 g/mol. The second-order valence-electron chi connectivity index (χ2n) is 6.93. The van der Waals surface area contributed by atoms with Crippen molar-refractivity contribution in [3.63, 3.8) is 0 Å². The first-order chi connectivity index (χ1) is 13.1. The van der Waals surface area contributed by atoms with E-state index in [1.165, 1.54) is 12.1 Å². The first kappa shape index (κ1) is 22.8. The van der Waals surface area contributed by atoms with Gasteiger partial charge in [0.15, 0.2) is 6.61 Å². The van der Waals surface area contributed by atoms with Crippen LogP contribution in [0.5, 0.6) is 0 Å². The normalized spacial score (nSPS) is 18.8. The quantitative estimate of drug-likeness (QED) is 0.598. The molecule has 1 amide bonds. The monoisotopic (exact) mass is 476 g/mol. The third kappa shape index (κ3) is 6.26. The summed E-state index contributed by atoms with van der Waals surface area (Å²) in [4.78, 5) is 26.3. The maximum absolute atomic E-state index is 12.6. The Morgan fingerprint density at radius 1 is 1.32 bits per heavy atom. The van der Waals surface area contributed by atoms with E-state index in [2.05, 4.69) is 20.7 Å². The highest BCUT2D eigenvalue weighted by Crippen LogP contribution is 2.16. The number of nitrogens with one attached hydrogen (secondary N) is 1.